The molecule has 2 N–H and O–H groups in total. The van der Waals surface area contributed by atoms with Gasteiger partial charge in [0.1, 0.15) is 23.2 Å². The van der Waals surface area contributed by atoms with Crippen LogP contribution in [0.2, 0.25) is 0 Å². The highest BCUT2D eigenvalue weighted by Crippen LogP contribution is 2.36. The van der Waals surface area contributed by atoms with Crippen molar-refractivity contribution in [1.29, 1.82) is 0 Å². The molecule has 132 valence electrons. The van der Waals surface area contributed by atoms with Gasteiger partial charge < -0.3 is 15.1 Å². The number of hydrogen-bond acceptors (Lipinski definition) is 5. The maximum absolute atomic E-state index is 13.3. The van der Waals surface area contributed by atoms with E-state index in [1.807, 2.05) is 18.7 Å². The predicted molar refractivity (Wildman–Crippen MR) is 94.3 cm³/mol. The standard InChI is InChI=1S/C19H24N4O2/c1-11-18(13-6-3-4-8-16(13)25-11)19(24)23-9-5-7-15(23)14-10-17(20)22-12(2)21-14/h10,15H,3-9H2,1-2H3,(H2,20,21,22)/t15-/m1/s1. The molecule has 1 amide bonds. The molecule has 0 radical (unpaired) electrons. The monoisotopic (exact) mass is 340 g/mol. The van der Waals surface area contributed by atoms with Crippen molar-refractivity contribution in [2.24, 2.45) is 0 Å². The van der Waals surface area contributed by atoms with Crippen molar-refractivity contribution < 1.29 is 9.21 Å². The summed E-state index contributed by atoms with van der Waals surface area (Å²) < 4.78 is 5.90. The second kappa shape index (κ2) is 6.17. The fourth-order valence-electron chi connectivity index (χ4n) is 4.23. The van der Waals surface area contributed by atoms with Crippen molar-refractivity contribution in [3.8, 4) is 0 Å². The highest BCUT2D eigenvalue weighted by atomic mass is 16.3. The summed E-state index contributed by atoms with van der Waals surface area (Å²) >= 11 is 0. The first-order valence-electron chi connectivity index (χ1n) is 9.07. The number of likely N-dealkylation sites (tertiary alicyclic amines) is 1. The second-order valence-electron chi connectivity index (χ2n) is 7.06. The highest BCUT2D eigenvalue weighted by Gasteiger charge is 2.35. The van der Waals surface area contributed by atoms with Gasteiger partial charge in [-0.05, 0) is 46.0 Å². The SMILES string of the molecule is Cc1nc(N)cc([C@H]2CCCN2C(=O)c2c(C)oc3c2CCCC3)n1. The van der Waals surface area contributed by atoms with Gasteiger partial charge in [-0.3, -0.25) is 4.79 Å². The van der Waals surface area contributed by atoms with Gasteiger partial charge in [-0.2, -0.15) is 0 Å². The van der Waals surface area contributed by atoms with Crippen molar-refractivity contribution in [2.45, 2.75) is 58.4 Å². The summed E-state index contributed by atoms with van der Waals surface area (Å²) in [6.45, 7) is 4.48. The van der Waals surface area contributed by atoms with Crippen LogP contribution in [0.3, 0.4) is 0 Å². The van der Waals surface area contributed by atoms with Gasteiger partial charge in [-0.1, -0.05) is 0 Å². The van der Waals surface area contributed by atoms with E-state index in [0.29, 0.717) is 11.6 Å². The largest absolute Gasteiger partial charge is 0.465 e. The molecule has 2 aliphatic rings. The Hall–Kier alpha value is -2.37. The molecule has 1 fully saturated rings. The van der Waals surface area contributed by atoms with Gasteiger partial charge in [0.15, 0.2) is 0 Å². The van der Waals surface area contributed by atoms with E-state index < -0.39 is 0 Å². The Balaban J connectivity index is 1.69. The zero-order valence-electron chi connectivity index (χ0n) is 14.8. The van der Waals surface area contributed by atoms with Gasteiger partial charge in [-0.15, -0.1) is 0 Å². The molecule has 4 rings (SSSR count). The van der Waals surface area contributed by atoms with E-state index in [9.17, 15) is 4.79 Å². The van der Waals surface area contributed by atoms with E-state index in [-0.39, 0.29) is 11.9 Å². The number of aromatic nitrogens is 2. The van der Waals surface area contributed by atoms with Crippen LogP contribution in [0.1, 0.15) is 70.7 Å². The maximum Gasteiger partial charge on any atom is 0.258 e. The lowest BCUT2D eigenvalue weighted by molar-refractivity contribution is 0.0730. The topological polar surface area (TPSA) is 85.2 Å². The minimum Gasteiger partial charge on any atom is -0.465 e. The number of hydrogen-bond donors (Lipinski definition) is 1. The lowest BCUT2D eigenvalue weighted by atomic mass is 9.94. The average molecular weight is 340 g/mol. The molecule has 0 aromatic carbocycles. The van der Waals surface area contributed by atoms with Crippen LogP contribution >= 0.6 is 0 Å². The number of anilines is 1. The molecule has 0 bridgehead atoms. The lowest BCUT2D eigenvalue weighted by Crippen LogP contribution is -2.32. The van der Waals surface area contributed by atoms with Crippen molar-refractivity contribution in [1.82, 2.24) is 14.9 Å². The molecule has 2 aromatic heterocycles. The van der Waals surface area contributed by atoms with Gasteiger partial charge in [0, 0.05) is 24.6 Å². The van der Waals surface area contributed by atoms with E-state index in [0.717, 1.165) is 73.4 Å². The summed E-state index contributed by atoms with van der Waals surface area (Å²) in [4.78, 5) is 24.0. The minimum atomic E-state index is -0.0370. The summed E-state index contributed by atoms with van der Waals surface area (Å²) in [5, 5.41) is 0. The van der Waals surface area contributed by atoms with Crippen LogP contribution in [-0.2, 0) is 12.8 Å². The molecule has 25 heavy (non-hydrogen) atoms. The summed E-state index contributed by atoms with van der Waals surface area (Å²) in [6, 6.07) is 1.76. The zero-order valence-corrected chi connectivity index (χ0v) is 14.8. The smallest absolute Gasteiger partial charge is 0.258 e. The van der Waals surface area contributed by atoms with Crippen molar-refractivity contribution in [3.63, 3.8) is 0 Å². The Morgan fingerprint density at radius 1 is 1.24 bits per heavy atom. The summed E-state index contributed by atoms with van der Waals surface area (Å²) in [5.74, 6) is 2.93. The van der Waals surface area contributed by atoms with E-state index in [4.69, 9.17) is 10.2 Å². The molecule has 1 saturated heterocycles. The van der Waals surface area contributed by atoms with Crippen LogP contribution in [0.15, 0.2) is 10.5 Å². The third-order valence-electron chi connectivity index (χ3n) is 5.29. The van der Waals surface area contributed by atoms with Gasteiger partial charge in [-0.25, -0.2) is 9.97 Å². The molecule has 0 saturated carbocycles. The van der Waals surface area contributed by atoms with E-state index in [1.165, 1.54) is 0 Å². The van der Waals surface area contributed by atoms with Gasteiger partial charge in [0.05, 0.1) is 17.3 Å². The zero-order chi connectivity index (χ0) is 17.6. The Labute approximate surface area is 147 Å². The van der Waals surface area contributed by atoms with Crippen LogP contribution < -0.4 is 5.73 Å². The summed E-state index contributed by atoms with van der Waals surface area (Å²) in [6.07, 6.45) is 6.01. The van der Waals surface area contributed by atoms with Crippen LogP contribution in [0.4, 0.5) is 5.82 Å². The molecular weight excluding hydrogens is 316 g/mol. The number of furan rings is 1. The quantitative estimate of drug-likeness (QED) is 0.908. The fraction of sp³-hybridized carbons (Fsp3) is 0.526. The fourth-order valence-corrected chi connectivity index (χ4v) is 4.23. The highest BCUT2D eigenvalue weighted by molar-refractivity contribution is 5.97. The Kier molecular flexibility index (Phi) is 3.98. The van der Waals surface area contributed by atoms with Crippen molar-refractivity contribution in [3.05, 3.63) is 40.2 Å². The van der Waals surface area contributed by atoms with Crippen LogP contribution in [0, 0.1) is 13.8 Å². The lowest BCUT2D eigenvalue weighted by Gasteiger charge is -2.25. The molecule has 1 aliphatic carbocycles. The summed E-state index contributed by atoms with van der Waals surface area (Å²) in [7, 11) is 0. The molecule has 1 aliphatic heterocycles. The third-order valence-corrected chi connectivity index (χ3v) is 5.29. The molecule has 0 unspecified atom stereocenters. The minimum absolute atomic E-state index is 0.0370. The third kappa shape index (κ3) is 2.79. The number of amides is 1. The molecule has 2 aromatic rings. The van der Waals surface area contributed by atoms with Crippen LogP contribution in [-0.4, -0.2) is 27.3 Å². The van der Waals surface area contributed by atoms with Crippen molar-refractivity contribution >= 4 is 11.7 Å². The van der Waals surface area contributed by atoms with Gasteiger partial charge in [0.25, 0.3) is 5.91 Å². The number of nitrogen functional groups attached to an aromatic ring is 1. The molecular formula is C19H24N4O2. The number of carbonyl (C=O) groups excluding carboxylic acids is 1. The first-order chi connectivity index (χ1) is 12.0. The predicted octanol–water partition coefficient (Wildman–Crippen LogP) is 3.12. The molecule has 1 atom stereocenters. The normalized spacial score (nSPS) is 19.9. The first-order valence-corrected chi connectivity index (χ1v) is 9.07. The number of rotatable bonds is 2. The van der Waals surface area contributed by atoms with Gasteiger partial charge in [0.2, 0.25) is 0 Å². The molecule has 0 spiro atoms. The molecule has 3 heterocycles. The first kappa shape index (κ1) is 16.1. The number of nitrogens with two attached hydrogens (primary N) is 1. The number of carbonyl (C=O) groups is 1. The molecule has 6 nitrogen and oxygen atoms in total. The van der Waals surface area contributed by atoms with E-state index in [1.54, 1.807) is 6.07 Å². The number of nitrogens with zero attached hydrogens (tertiary/aromatic N) is 3. The van der Waals surface area contributed by atoms with Crippen LogP contribution in [0.5, 0.6) is 0 Å². The molecule has 6 heteroatoms. The van der Waals surface area contributed by atoms with Gasteiger partial charge >= 0.3 is 0 Å². The number of aryl methyl sites for hydroxylation is 3. The number of fused-ring (bicyclic) bond motifs is 1. The summed E-state index contributed by atoms with van der Waals surface area (Å²) in [5.41, 5.74) is 8.63. The average Bonchev–Trinajstić information content (AvgIpc) is 3.17. The van der Waals surface area contributed by atoms with E-state index in [2.05, 4.69) is 9.97 Å². The van der Waals surface area contributed by atoms with E-state index >= 15 is 0 Å². The van der Waals surface area contributed by atoms with Crippen LogP contribution in [0.25, 0.3) is 0 Å². The maximum atomic E-state index is 13.3. The Morgan fingerprint density at radius 3 is 2.84 bits per heavy atom. The van der Waals surface area contributed by atoms with Crippen molar-refractivity contribution in [2.75, 3.05) is 12.3 Å². The Bertz CT molecular complexity index is 807. The Morgan fingerprint density at radius 2 is 2.04 bits per heavy atom. The second-order valence-corrected chi connectivity index (χ2v) is 7.06.